The van der Waals surface area contributed by atoms with E-state index >= 15 is 0 Å². The minimum Gasteiger partial charge on any atom is -0.348 e. The van der Waals surface area contributed by atoms with Gasteiger partial charge in [0.2, 0.25) is 5.91 Å². The van der Waals surface area contributed by atoms with Crippen molar-refractivity contribution in [3.63, 3.8) is 0 Å². The number of benzene rings is 2. The smallest absolute Gasteiger partial charge is 0.315 e. The largest absolute Gasteiger partial charge is 0.348 e. The van der Waals surface area contributed by atoms with Gasteiger partial charge in [-0.05, 0) is 24.5 Å². The quantitative estimate of drug-likeness (QED) is 0.725. The fourth-order valence-electron chi connectivity index (χ4n) is 2.47. The predicted molar refractivity (Wildman–Crippen MR) is 99.0 cm³/mol. The number of carbonyl (C=O) groups is 2. The third-order valence-corrected chi connectivity index (χ3v) is 3.93. The molecule has 3 amide bonds. The fraction of sp³-hybridized carbons (Fsp3) is 0.300. The van der Waals surface area contributed by atoms with Crippen LogP contribution >= 0.6 is 0 Å². The van der Waals surface area contributed by atoms with Crippen LogP contribution in [0.1, 0.15) is 36.1 Å². The maximum atomic E-state index is 12.1. The first-order chi connectivity index (χ1) is 12.1. The Labute approximate surface area is 148 Å². The van der Waals surface area contributed by atoms with E-state index in [-0.39, 0.29) is 24.5 Å². The highest BCUT2D eigenvalue weighted by Crippen LogP contribution is 2.16. The first-order valence-corrected chi connectivity index (χ1v) is 8.50. The van der Waals surface area contributed by atoms with Gasteiger partial charge in [0, 0.05) is 6.54 Å². The SMILES string of the molecule is CC[C@@H](NC(=O)CNC(=O)NCc1ccccc1)c1ccc(C)cc1. The van der Waals surface area contributed by atoms with Crippen molar-refractivity contribution in [3.8, 4) is 0 Å². The molecule has 1 atom stereocenters. The van der Waals surface area contributed by atoms with E-state index in [0.717, 1.165) is 17.5 Å². The molecule has 25 heavy (non-hydrogen) atoms. The zero-order chi connectivity index (χ0) is 18.1. The molecular weight excluding hydrogens is 314 g/mol. The number of amides is 3. The van der Waals surface area contributed by atoms with Crippen molar-refractivity contribution in [1.29, 1.82) is 0 Å². The molecule has 3 N–H and O–H groups in total. The number of hydrogen-bond donors (Lipinski definition) is 3. The number of rotatable bonds is 7. The van der Waals surface area contributed by atoms with Crippen LogP contribution in [0.5, 0.6) is 0 Å². The first-order valence-electron chi connectivity index (χ1n) is 8.50. The Kier molecular flexibility index (Phi) is 7.01. The molecule has 2 aromatic carbocycles. The molecule has 0 saturated heterocycles. The van der Waals surface area contributed by atoms with Crippen LogP contribution in [0.4, 0.5) is 4.79 Å². The van der Waals surface area contributed by atoms with Crippen LogP contribution in [-0.4, -0.2) is 18.5 Å². The van der Waals surface area contributed by atoms with Crippen molar-refractivity contribution in [2.75, 3.05) is 6.54 Å². The van der Waals surface area contributed by atoms with Crippen molar-refractivity contribution in [1.82, 2.24) is 16.0 Å². The molecule has 5 heteroatoms. The second-order valence-corrected chi connectivity index (χ2v) is 5.96. The van der Waals surface area contributed by atoms with Crippen LogP contribution in [0.2, 0.25) is 0 Å². The summed E-state index contributed by atoms with van der Waals surface area (Å²) in [6, 6.07) is 17.3. The van der Waals surface area contributed by atoms with Crippen LogP contribution in [-0.2, 0) is 11.3 Å². The maximum absolute atomic E-state index is 12.1. The minimum absolute atomic E-state index is 0.0526. The van der Waals surface area contributed by atoms with E-state index < -0.39 is 0 Å². The Balaban J connectivity index is 1.75. The van der Waals surface area contributed by atoms with Gasteiger partial charge < -0.3 is 16.0 Å². The lowest BCUT2D eigenvalue weighted by atomic mass is 10.0. The lowest BCUT2D eigenvalue weighted by Crippen LogP contribution is -2.42. The average molecular weight is 339 g/mol. The average Bonchev–Trinajstić information content (AvgIpc) is 2.64. The van der Waals surface area contributed by atoms with Crippen molar-refractivity contribution < 1.29 is 9.59 Å². The molecule has 0 aliphatic carbocycles. The molecular formula is C20H25N3O2. The molecule has 0 aromatic heterocycles. The molecule has 0 aliphatic rings. The molecule has 0 spiro atoms. The normalized spacial score (nSPS) is 11.4. The van der Waals surface area contributed by atoms with E-state index in [1.807, 2.05) is 68.4 Å². The number of urea groups is 1. The highest BCUT2D eigenvalue weighted by Gasteiger charge is 2.13. The molecule has 0 aliphatic heterocycles. The summed E-state index contributed by atoms with van der Waals surface area (Å²) < 4.78 is 0. The summed E-state index contributed by atoms with van der Waals surface area (Å²) in [6.07, 6.45) is 0.787. The molecule has 0 radical (unpaired) electrons. The van der Waals surface area contributed by atoms with E-state index in [2.05, 4.69) is 16.0 Å². The summed E-state index contributed by atoms with van der Waals surface area (Å²) in [5.41, 5.74) is 3.25. The lowest BCUT2D eigenvalue weighted by Gasteiger charge is -2.18. The number of aryl methyl sites for hydroxylation is 1. The Morgan fingerprint density at radius 2 is 1.64 bits per heavy atom. The van der Waals surface area contributed by atoms with Gasteiger partial charge >= 0.3 is 6.03 Å². The highest BCUT2D eigenvalue weighted by molar-refractivity contribution is 5.84. The van der Waals surface area contributed by atoms with Gasteiger partial charge in [-0.3, -0.25) is 4.79 Å². The van der Waals surface area contributed by atoms with Crippen molar-refractivity contribution in [2.24, 2.45) is 0 Å². The van der Waals surface area contributed by atoms with Crippen LogP contribution in [0, 0.1) is 6.92 Å². The van der Waals surface area contributed by atoms with Gasteiger partial charge in [0.15, 0.2) is 0 Å². The van der Waals surface area contributed by atoms with Crippen LogP contribution < -0.4 is 16.0 Å². The molecule has 5 nitrogen and oxygen atoms in total. The summed E-state index contributed by atoms with van der Waals surface area (Å²) in [4.78, 5) is 23.9. The zero-order valence-corrected chi connectivity index (χ0v) is 14.7. The standard InChI is InChI=1S/C20H25N3O2/c1-3-18(17-11-9-15(2)10-12-17)23-19(24)14-22-20(25)21-13-16-7-5-4-6-8-16/h4-12,18H,3,13-14H2,1-2H3,(H,23,24)(H2,21,22,25)/t18-/m1/s1. The van der Waals surface area contributed by atoms with Gasteiger partial charge in [-0.15, -0.1) is 0 Å². The Bertz CT molecular complexity index is 684. The van der Waals surface area contributed by atoms with E-state index in [4.69, 9.17) is 0 Å². The molecule has 2 rings (SSSR count). The second-order valence-electron chi connectivity index (χ2n) is 5.96. The predicted octanol–water partition coefficient (Wildman–Crippen LogP) is 3.06. The Morgan fingerprint density at radius 3 is 2.28 bits per heavy atom. The summed E-state index contributed by atoms with van der Waals surface area (Å²) >= 11 is 0. The Hall–Kier alpha value is -2.82. The van der Waals surface area contributed by atoms with Crippen LogP contribution in [0.3, 0.4) is 0 Å². The summed E-state index contributed by atoms with van der Waals surface area (Å²) in [5, 5.41) is 8.26. The molecule has 2 aromatic rings. The topological polar surface area (TPSA) is 70.2 Å². The van der Waals surface area contributed by atoms with Crippen LogP contribution in [0.25, 0.3) is 0 Å². The lowest BCUT2D eigenvalue weighted by molar-refractivity contribution is -0.120. The highest BCUT2D eigenvalue weighted by atomic mass is 16.2. The molecule has 0 unspecified atom stereocenters. The number of carbonyl (C=O) groups excluding carboxylic acids is 2. The monoisotopic (exact) mass is 339 g/mol. The molecule has 0 bridgehead atoms. The fourth-order valence-corrected chi connectivity index (χ4v) is 2.47. The van der Waals surface area contributed by atoms with Gasteiger partial charge in [0.1, 0.15) is 0 Å². The number of nitrogens with one attached hydrogen (secondary N) is 3. The second kappa shape index (κ2) is 9.47. The van der Waals surface area contributed by atoms with Crippen molar-refractivity contribution in [3.05, 3.63) is 71.3 Å². The van der Waals surface area contributed by atoms with Gasteiger partial charge in [-0.1, -0.05) is 67.1 Å². The van der Waals surface area contributed by atoms with Crippen molar-refractivity contribution >= 4 is 11.9 Å². The van der Waals surface area contributed by atoms with Gasteiger partial charge in [-0.25, -0.2) is 4.79 Å². The van der Waals surface area contributed by atoms with Gasteiger partial charge in [-0.2, -0.15) is 0 Å². The van der Waals surface area contributed by atoms with Gasteiger partial charge in [0.25, 0.3) is 0 Å². The molecule has 132 valence electrons. The molecule has 0 heterocycles. The van der Waals surface area contributed by atoms with E-state index in [1.165, 1.54) is 5.56 Å². The third-order valence-electron chi connectivity index (χ3n) is 3.93. The van der Waals surface area contributed by atoms with E-state index in [1.54, 1.807) is 0 Å². The summed E-state index contributed by atoms with van der Waals surface area (Å²) in [5.74, 6) is -0.206. The zero-order valence-electron chi connectivity index (χ0n) is 14.7. The van der Waals surface area contributed by atoms with Crippen LogP contribution in [0.15, 0.2) is 54.6 Å². The van der Waals surface area contributed by atoms with Gasteiger partial charge in [0.05, 0.1) is 12.6 Å². The maximum Gasteiger partial charge on any atom is 0.315 e. The van der Waals surface area contributed by atoms with E-state index in [0.29, 0.717) is 6.54 Å². The third kappa shape index (κ3) is 6.30. The molecule has 0 fully saturated rings. The minimum atomic E-state index is -0.359. The summed E-state index contributed by atoms with van der Waals surface area (Å²) in [6.45, 7) is 4.42. The Morgan fingerprint density at radius 1 is 0.960 bits per heavy atom. The first kappa shape index (κ1) is 18.5. The number of hydrogen-bond acceptors (Lipinski definition) is 2. The van der Waals surface area contributed by atoms with E-state index in [9.17, 15) is 9.59 Å². The van der Waals surface area contributed by atoms with Crippen molar-refractivity contribution in [2.45, 2.75) is 32.9 Å². The summed E-state index contributed by atoms with van der Waals surface area (Å²) in [7, 11) is 0. The molecule has 0 saturated carbocycles.